The summed E-state index contributed by atoms with van der Waals surface area (Å²) in [6.45, 7) is 4.19. The molecule has 7 heteroatoms. The highest BCUT2D eigenvalue weighted by atomic mass is 79.9. The molecule has 174 valence electrons. The van der Waals surface area contributed by atoms with Crippen molar-refractivity contribution in [2.24, 2.45) is 4.99 Å². The molecule has 2 heterocycles. The summed E-state index contributed by atoms with van der Waals surface area (Å²) >= 11 is 8.51. The molecule has 2 aromatic carbocycles. The molecule has 0 radical (unpaired) electrons. The predicted octanol–water partition coefficient (Wildman–Crippen LogP) is 7.99. The number of hydrogen-bond acceptors (Lipinski definition) is 5. The van der Waals surface area contributed by atoms with Gasteiger partial charge in [0.15, 0.2) is 5.17 Å². The Morgan fingerprint density at radius 2 is 1.79 bits per heavy atom. The fraction of sp³-hybridized carbons (Fsp3) is 0.259. The van der Waals surface area contributed by atoms with Crippen LogP contribution in [0.25, 0.3) is 6.08 Å². The standard InChI is InChI=1S/C27H24Br2N2O2S/c1-3-33-26(32)25-16(2)31-24(18-9-13-21(29)14-10-18)22-6-4-5-19(23(22)30-27(31)34-25)15-17-7-11-20(28)12-8-17/h7-15,24H,3-6H2,1-2H3. The first kappa shape index (κ1) is 23.6. The summed E-state index contributed by atoms with van der Waals surface area (Å²) in [5.74, 6) is -0.278. The van der Waals surface area contributed by atoms with Crippen molar-refractivity contribution in [3.8, 4) is 0 Å². The Morgan fingerprint density at radius 3 is 2.47 bits per heavy atom. The van der Waals surface area contributed by atoms with E-state index in [1.807, 2.05) is 13.8 Å². The van der Waals surface area contributed by atoms with Gasteiger partial charge in [-0.25, -0.2) is 9.79 Å². The third-order valence-corrected chi connectivity index (χ3v) is 8.44. The summed E-state index contributed by atoms with van der Waals surface area (Å²) < 4.78 is 7.47. The average molecular weight is 600 g/mol. The number of carbonyl (C=O) groups excluding carboxylic acids is 1. The van der Waals surface area contributed by atoms with Crippen LogP contribution < -0.4 is 0 Å². The lowest BCUT2D eigenvalue weighted by Gasteiger charge is -2.39. The number of ether oxygens (including phenoxy) is 1. The first-order valence-corrected chi connectivity index (χ1v) is 13.7. The van der Waals surface area contributed by atoms with Crippen LogP contribution in [0, 0.1) is 0 Å². The summed E-state index contributed by atoms with van der Waals surface area (Å²) in [6.07, 6.45) is 5.30. The van der Waals surface area contributed by atoms with Crippen molar-refractivity contribution in [3.05, 3.63) is 96.0 Å². The molecular weight excluding hydrogens is 576 g/mol. The molecule has 0 fully saturated rings. The largest absolute Gasteiger partial charge is 0.462 e. The normalized spacial score (nSPS) is 20.9. The van der Waals surface area contributed by atoms with Crippen LogP contribution >= 0.6 is 43.6 Å². The lowest BCUT2D eigenvalue weighted by molar-refractivity contribution is -0.137. The van der Waals surface area contributed by atoms with Crippen LogP contribution in [-0.2, 0) is 9.53 Å². The number of fused-ring (bicyclic) bond motifs is 1. The van der Waals surface area contributed by atoms with Gasteiger partial charge in [0.05, 0.1) is 18.3 Å². The van der Waals surface area contributed by atoms with Gasteiger partial charge in [0.2, 0.25) is 0 Å². The highest BCUT2D eigenvalue weighted by Gasteiger charge is 2.42. The highest BCUT2D eigenvalue weighted by molar-refractivity contribution is 9.10. The Bertz CT molecular complexity index is 1260. The van der Waals surface area contributed by atoms with Crippen molar-refractivity contribution in [3.63, 3.8) is 0 Å². The molecule has 1 atom stereocenters. The number of hydrogen-bond donors (Lipinski definition) is 0. The molecule has 1 aliphatic carbocycles. The highest BCUT2D eigenvalue weighted by Crippen LogP contribution is 2.51. The van der Waals surface area contributed by atoms with E-state index in [1.165, 1.54) is 28.5 Å². The van der Waals surface area contributed by atoms with Crippen molar-refractivity contribution < 1.29 is 9.53 Å². The third-order valence-electron chi connectivity index (χ3n) is 6.24. The Hall–Kier alpha value is -2.09. The van der Waals surface area contributed by atoms with Crippen LogP contribution in [0.3, 0.4) is 0 Å². The van der Waals surface area contributed by atoms with Crippen LogP contribution in [0.4, 0.5) is 0 Å². The van der Waals surface area contributed by atoms with Crippen molar-refractivity contribution in [1.82, 2.24) is 4.90 Å². The van der Waals surface area contributed by atoms with Gasteiger partial charge < -0.3 is 9.64 Å². The van der Waals surface area contributed by atoms with Crippen molar-refractivity contribution in [2.45, 2.75) is 39.2 Å². The summed E-state index contributed by atoms with van der Waals surface area (Å²) in [6, 6.07) is 16.9. The monoisotopic (exact) mass is 598 g/mol. The lowest BCUT2D eigenvalue weighted by Crippen LogP contribution is -2.34. The Balaban J connectivity index is 1.64. The van der Waals surface area contributed by atoms with Crippen LogP contribution in [0.15, 0.2) is 89.9 Å². The quantitative estimate of drug-likeness (QED) is 0.334. The van der Waals surface area contributed by atoms with Gasteiger partial charge in [0.1, 0.15) is 4.91 Å². The fourth-order valence-corrected chi connectivity index (χ4v) is 6.28. The number of nitrogens with zero attached hydrogens (tertiary/aromatic N) is 2. The van der Waals surface area contributed by atoms with Crippen LogP contribution in [0.5, 0.6) is 0 Å². The van der Waals surface area contributed by atoms with Crippen LogP contribution in [0.2, 0.25) is 0 Å². The van der Waals surface area contributed by atoms with E-state index in [4.69, 9.17) is 9.73 Å². The SMILES string of the molecule is CCOC(=O)C1=C(C)N2C(=NC3=C(CCCC3=Cc3ccc(Br)cc3)C2c2ccc(Br)cc2)S1. The Morgan fingerprint density at radius 1 is 1.12 bits per heavy atom. The second kappa shape index (κ2) is 9.88. The molecule has 0 aromatic heterocycles. The molecule has 0 saturated carbocycles. The van der Waals surface area contributed by atoms with Gasteiger partial charge in [0, 0.05) is 14.6 Å². The van der Waals surface area contributed by atoms with Crippen molar-refractivity contribution in [2.75, 3.05) is 6.61 Å². The number of benzene rings is 2. The number of rotatable bonds is 4. The zero-order chi connectivity index (χ0) is 23.8. The van der Waals surface area contributed by atoms with Gasteiger partial charge in [-0.05, 0) is 97.5 Å². The smallest absolute Gasteiger partial charge is 0.346 e. The van der Waals surface area contributed by atoms with E-state index in [-0.39, 0.29) is 12.0 Å². The van der Waals surface area contributed by atoms with Gasteiger partial charge in [0.25, 0.3) is 0 Å². The summed E-state index contributed by atoms with van der Waals surface area (Å²) in [7, 11) is 0. The van der Waals surface area contributed by atoms with E-state index in [2.05, 4.69) is 91.4 Å². The minimum absolute atomic E-state index is 0.00337. The maximum absolute atomic E-state index is 12.7. The first-order valence-electron chi connectivity index (χ1n) is 11.3. The number of esters is 1. The molecule has 4 nitrogen and oxygen atoms in total. The summed E-state index contributed by atoms with van der Waals surface area (Å²) in [5, 5.41) is 0.843. The van der Waals surface area contributed by atoms with Gasteiger partial charge in [-0.15, -0.1) is 0 Å². The second-order valence-corrected chi connectivity index (χ2v) is 11.2. The maximum atomic E-state index is 12.7. The number of halogens is 2. The molecule has 1 unspecified atom stereocenters. The number of thioether (sulfide) groups is 1. The average Bonchev–Trinajstić information content (AvgIpc) is 3.16. The first-order chi connectivity index (χ1) is 16.5. The van der Waals surface area contributed by atoms with Crippen LogP contribution in [0.1, 0.15) is 50.3 Å². The number of aliphatic imine (C=N–C) groups is 1. The molecule has 0 N–H and O–H groups in total. The molecule has 34 heavy (non-hydrogen) atoms. The zero-order valence-electron chi connectivity index (χ0n) is 19.0. The lowest BCUT2D eigenvalue weighted by atomic mass is 9.83. The molecule has 2 aliphatic heterocycles. The van der Waals surface area contributed by atoms with Gasteiger partial charge in [-0.2, -0.15) is 0 Å². The van der Waals surface area contributed by atoms with Crippen molar-refractivity contribution in [1.29, 1.82) is 0 Å². The molecule has 2 aromatic rings. The number of amidine groups is 1. The number of allylic oxidation sites excluding steroid dienone is 2. The van der Waals surface area contributed by atoms with Crippen molar-refractivity contribution >= 4 is 60.8 Å². The van der Waals surface area contributed by atoms with E-state index < -0.39 is 0 Å². The summed E-state index contributed by atoms with van der Waals surface area (Å²) in [5.41, 5.74) is 6.89. The van der Waals surface area contributed by atoms with E-state index >= 15 is 0 Å². The van der Waals surface area contributed by atoms with E-state index in [0.717, 1.165) is 50.3 Å². The fourth-order valence-electron chi connectivity index (χ4n) is 4.70. The second-order valence-electron chi connectivity index (χ2n) is 8.40. The minimum atomic E-state index is -0.278. The maximum Gasteiger partial charge on any atom is 0.346 e. The van der Waals surface area contributed by atoms with Gasteiger partial charge >= 0.3 is 5.97 Å². The van der Waals surface area contributed by atoms with Crippen LogP contribution in [-0.4, -0.2) is 22.6 Å². The third kappa shape index (κ3) is 4.45. The number of carbonyl (C=O) groups is 1. The molecule has 3 aliphatic rings. The minimum Gasteiger partial charge on any atom is -0.462 e. The van der Waals surface area contributed by atoms with E-state index in [1.54, 1.807) is 0 Å². The molecule has 0 spiro atoms. The molecule has 5 rings (SSSR count). The van der Waals surface area contributed by atoms with Gasteiger partial charge in [-0.1, -0.05) is 56.1 Å². The zero-order valence-corrected chi connectivity index (χ0v) is 23.0. The molecule has 0 saturated heterocycles. The van der Waals surface area contributed by atoms with E-state index in [0.29, 0.717) is 11.5 Å². The molecule has 0 amide bonds. The van der Waals surface area contributed by atoms with Gasteiger partial charge in [-0.3, -0.25) is 0 Å². The Kier molecular flexibility index (Phi) is 6.87. The predicted molar refractivity (Wildman–Crippen MR) is 146 cm³/mol. The molecular formula is C27H24Br2N2O2S. The van der Waals surface area contributed by atoms with E-state index in [9.17, 15) is 4.79 Å². The molecule has 0 bridgehead atoms. The topological polar surface area (TPSA) is 41.9 Å². The Labute approximate surface area is 221 Å². The summed E-state index contributed by atoms with van der Waals surface area (Å²) in [4.78, 5) is 20.7.